The van der Waals surface area contributed by atoms with Crippen LogP contribution in [0.15, 0.2) is 54.6 Å². The monoisotopic (exact) mass is 449 g/mol. The van der Waals surface area contributed by atoms with Crippen LogP contribution in [0.3, 0.4) is 0 Å². The first-order chi connectivity index (χ1) is 16.1. The van der Waals surface area contributed by atoms with Gasteiger partial charge in [-0.05, 0) is 94.5 Å². The summed E-state index contributed by atoms with van der Waals surface area (Å²) in [5, 5.41) is 3.31. The van der Waals surface area contributed by atoms with Crippen LogP contribution in [0.4, 0.5) is 5.69 Å². The molecule has 2 fully saturated rings. The molecule has 2 heterocycles. The molecule has 176 valence electrons. The number of likely N-dealkylation sites (tertiary alicyclic amines) is 1. The molecule has 0 bridgehead atoms. The molecule has 2 aromatic rings. The van der Waals surface area contributed by atoms with E-state index in [9.17, 15) is 9.59 Å². The van der Waals surface area contributed by atoms with E-state index in [0.717, 1.165) is 44.3 Å². The predicted molar refractivity (Wildman–Crippen MR) is 130 cm³/mol. The molecule has 0 saturated carbocycles. The molecule has 6 heteroatoms. The zero-order chi connectivity index (χ0) is 23.0. The number of carbonyl (C=O) groups excluding carboxylic acids is 2. The van der Waals surface area contributed by atoms with Crippen LogP contribution in [0.2, 0.25) is 0 Å². The summed E-state index contributed by atoms with van der Waals surface area (Å²) in [7, 11) is 0. The summed E-state index contributed by atoms with van der Waals surface area (Å²) in [6, 6.07) is 17.5. The lowest BCUT2D eigenvalue weighted by atomic mass is 9.90. The van der Waals surface area contributed by atoms with Crippen molar-refractivity contribution < 1.29 is 14.3 Å². The van der Waals surface area contributed by atoms with Gasteiger partial charge in [-0.3, -0.25) is 9.59 Å². The Bertz CT molecular complexity index is 908. The summed E-state index contributed by atoms with van der Waals surface area (Å²) in [6.07, 6.45) is 4.87. The SMILES string of the molecule is CCOc1ccc(N2C(=O)C[C@H](NCCCN3CCC(Cc4ccccc4)CC3)C2=O)cc1. The van der Waals surface area contributed by atoms with E-state index in [0.29, 0.717) is 12.3 Å². The third-order valence-electron chi connectivity index (χ3n) is 6.67. The normalized spacial score (nSPS) is 19.9. The second-order valence-electron chi connectivity index (χ2n) is 9.03. The zero-order valence-corrected chi connectivity index (χ0v) is 19.5. The standard InChI is InChI=1S/C27H35N3O3/c1-2-33-24-11-9-23(10-12-24)30-26(31)20-25(27(30)32)28-15-6-16-29-17-13-22(14-18-29)19-21-7-4-3-5-8-21/h3-5,7-12,22,25,28H,2,6,13-20H2,1H3/t25-/m0/s1. The van der Waals surface area contributed by atoms with Gasteiger partial charge in [0.1, 0.15) is 5.75 Å². The van der Waals surface area contributed by atoms with Gasteiger partial charge in [0.2, 0.25) is 5.91 Å². The van der Waals surface area contributed by atoms with Crippen LogP contribution in [0, 0.1) is 5.92 Å². The van der Waals surface area contributed by atoms with Gasteiger partial charge in [0.15, 0.2) is 0 Å². The third kappa shape index (κ3) is 6.21. The van der Waals surface area contributed by atoms with Crippen molar-refractivity contribution in [2.24, 2.45) is 5.92 Å². The van der Waals surface area contributed by atoms with Gasteiger partial charge in [-0.15, -0.1) is 0 Å². The number of carbonyl (C=O) groups is 2. The average molecular weight is 450 g/mol. The smallest absolute Gasteiger partial charge is 0.251 e. The highest BCUT2D eigenvalue weighted by Gasteiger charge is 2.39. The zero-order valence-electron chi connectivity index (χ0n) is 19.5. The van der Waals surface area contributed by atoms with Gasteiger partial charge in [-0.25, -0.2) is 4.90 Å². The van der Waals surface area contributed by atoms with Crippen LogP contribution in [0.5, 0.6) is 5.75 Å². The minimum absolute atomic E-state index is 0.151. The lowest BCUT2D eigenvalue weighted by molar-refractivity contribution is -0.121. The average Bonchev–Trinajstić information content (AvgIpc) is 3.12. The maximum atomic E-state index is 12.8. The van der Waals surface area contributed by atoms with E-state index in [1.54, 1.807) is 24.3 Å². The van der Waals surface area contributed by atoms with Gasteiger partial charge in [0.25, 0.3) is 5.91 Å². The number of amides is 2. The van der Waals surface area contributed by atoms with Gasteiger partial charge >= 0.3 is 0 Å². The van der Waals surface area contributed by atoms with Gasteiger partial charge in [0.05, 0.1) is 24.8 Å². The molecule has 2 saturated heterocycles. The lowest BCUT2D eigenvalue weighted by Gasteiger charge is -2.32. The van der Waals surface area contributed by atoms with Crippen LogP contribution < -0.4 is 15.0 Å². The van der Waals surface area contributed by atoms with E-state index in [1.165, 1.54) is 29.7 Å². The molecule has 1 N–H and O–H groups in total. The Morgan fingerprint density at radius 2 is 1.73 bits per heavy atom. The van der Waals surface area contributed by atoms with Crippen molar-refractivity contribution in [1.29, 1.82) is 0 Å². The molecule has 0 unspecified atom stereocenters. The summed E-state index contributed by atoms with van der Waals surface area (Å²) in [4.78, 5) is 29.1. The fourth-order valence-corrected chi connectivity index (χ4v) is 4.86. The van der Waals surface area contributed by atoms with Crippen LogP contribution in [0.25, 0.3) is 0 Å². The number of piperidine rings is 1. The first kappa shape index (κ1) is 23.5. The van der Waals surface area contributed by atoms with Gasteiger partial charge in [-0.2, -0.15) is 0 Å². The van der Waals surface area contributed by atoms with Crippen LogP contribution in [-0.4, -0.2) is 55.5 Å². The number of ether oxygens (including phenoxy) is 1. The fourth-order valence-electron chi connectivity index (χ4n) is 4.86. The van der Waals surface area contributed by atoms with Gasteiger partial charge in [-0.1, -0.05) is 30.3 Å². The molecule has 4 rings (SSSR count). The summed E-state index contributed by atoms with van der Waals surface area (Å²) in [6.45, 7) is 6.56. The van der Waals surface area contributed by atoms with Crippen molar-refractivity contribution in [2.75, 3.05) is 37.7 Å². The van der Waals surface area contributed by atoms with Crippen LogP contribution in [-0.2, 0) is 16.0 Å². The Morgan fingerprint density at radius 1 is 1.00 bits per heavy atom. The maximum Gasteiger partial charge on any atom is 0.251 e. The van der Waals surface area contributed by atoms with E-state index >= 15 is 0 Å². The first-order valence-corrected chi connectivity index (χ1v) is 12.2. The lowest BCUT2D eigenvalue weighted by Crippen LogP contribution is -2.40. The van der Waals surface area contributed by atoms with Crippen molar-refractivity contribution in [2.45, 2.75) is 45.1 Å². The Labute approximate surface area is 196 Å². The van der Waals surface area contributed by atoms with Crippen molar-refractivity contribution in [3.05, 3.63) is 60.2 Å². The van der Waals surface area contributed by atoms with Crippen LogP contribution in [0.1, 0.15) is 38.2 Å². The molecule has 0 spiro atoms. The largest absolute Gasteiger partial charge is 0.494 e. The molecule has 2 amide bonds. The molecule has 0 aromatic heterocycles. The third-order valence-corrected chi connectivity index (χ3v) is 6.67. The highest BCUT2D eigenvalue weighted by molar-refractivity contribution is 6.22. The van der Waals surface area contributed by atoms with E-state index in [2.05, 4.69) is 40.5 Å². The van der Waals surface area contributed by atoms with Crippen LogP contribution >= 0.6 is 0 Å². The van der Waals surface area contributed by atoms with E-state index in [-0.39, 0.29) is 18.2 Å². The number of hydrogen-bond donors (Lipinski definition) is 1. The second-order valence-corrected chi connectivity index (χ2v) is 9.03. The molecule has 2 aliphatic rings. The Morgan fingerprint density at radius 3 is 2.42 bits per heavy atom. The molecule has 2 aliphatic heterocycles. The number of nitrogens with one attached hydrogen (secondary N) is 1. The first-order valence-electron chi connectivity index (χ1n) is 12.2. The molecular weight excluding hydrogens is 414 g/mol. The van der Waals surface area contributed by atoms with Gasteiger partial charge in [0, 0.05) is 0 Å². The van der Waals surface area contributed by atoms with Crippen molar-refractivity contribution in [1.82, 2.24) is 10.2 Å². The topological polar surface area (TPSA) is 61.9 Å². The van der Waals surface area contributed by atoms with Crippen molar-refractivity contribution >= 4 is 17.5 Å². The summed E-state index contributed by atoms with van der Waals surface area (Å²) in [5.74, 6) is 1.20. The molecule has 6 nitrogen and oxygen atoms in total. The summed E-state index contributed by atoms with van der Waals surface area (Å²) >= 11 is 0. The molecule has 2 aromatic carbocycles. The predicted octanol–water partition coefficient (Wildman–Crippen LogP) is 3.65. The molecule has 1 atom stereocenters. The quantitative estimate of drug-likeness (QED) is 0.443. The summed E-state index contributed by atoms with van der Waals surface area (Å²) in [5.41, 5.74) is 2.05. The highest BCUT2D eigenvalue weighted by Crippen LogP contribution is 2.25. The maximum absolute atomic E-state index is 12.8. The second kappa shape index (κ2) is 11.4. The molecule has 33 heavy (non-hydrogen) atoms. The van der Waals surface area contributed by atoms with Gasteiger partial charge < -0.3 is 15.0 Å². The van der Waals surface area contributed by atoms with E-state index in [4.69, 9.17) is 4.74 Å². The number of anilines is 1. The van der Waals surface area contributed by atoms with Crippen molar-refractivity contribution in [3.63, 3.8) is 0 Å². The van der Waals surface area contributed by atoms with E-state index in [1.807, 2.05) is 6.92 Å². The highest BCUT2D eigenvalue weighted by atomic mass is 16.5. The number of nitrogens with zero attached hydrogens (tertiary/aromatic N) is 2. The Balaban J connectivity index is 1.16. The summed E-state index contributed by atoms with van der Waals surface area (Å²) < 4.78 is 5.44. The minimum Gasteiger partial charge on any atom is -0.494 e. The van der Waals surface area contributed by atoms with E-state index < -0.39 is 6.04 Å². The fraction of sp³-hybridized carbons (Fsp3) is 0.481. The number of imide groups is 1. The molecule has 0 aliphatic carbocycles. The minimum atomic E-state index is -0.430. The number of benzene rings is 2. The molecule has 0 radical (unpaired) electrons. The van der Waals surface area contributed by atoms with Crippen molar-refractivity contribution in [3.8, 4) is 5.75 Å². The number of rotatable bonds is 10. The Kier molecular flexibility index (Phi) is 8.13. The molecular formula is C27H35N3O3. The number of hydrogen-bond acceptors (Lipinski definition) is 5. The Hall–Kier alpha value is -2.70.